The summed E-state index contributed by atoms with van der Waals surface area (Å²) in [6.45, 7) is 0. The number of hydrogen-bond acceptors (Lipinski definition) is 3. The fraction of sp³-hybridized carbons (Fsp3) is 0.200. The van der Waals surface area contributed by atoms with Crippen LogP contribution in [0.15, 0.2) is 30.3 Å². The molecule has 1 aromatic carbocycles. The van der Waals surface area contributed by atoms with E-state index in [0.29, 0.717) is 0 Å². The lowest BCUT2D eigenvalue weighted by atomic mass is 9.98. The van der Waals surface area contributed by atoms with E-state index in [1.54, 1.807) is 24.3 Å². The standard InChI is InChI=1S/C10H10N2O3/c11-8(13)10(9(12)14)7(15-10)6-4-2-1-3-5-6/h1-5,7H,(H2,11,13)(H2,12,14)/t7-/m1/s1. The Hall–Kier alpha value is -1.88. The molecule has 15 heavy (non-hydrogen) atoms. The summed E-state index contributed by atoms with van der Waals surface area (Å²) in [5.41, 5.74) is 9.26. The van der Waals surface area contributed by atoms with Crippen LogP contribution in [0.2, 0.25) is 0 Å². The number of rotatable bonds is 3. The molecule has 1 aromatic rings. The van der Waals surface area contributed by atoms with Crippen LogP contribution >= 0.6 is 0 Å². The van der Waals surface area contributed by atoms with Gasteiger partial charge >= 0.3 is 0 Å². The van der Waals surface area contributed by atoms with Gasteiger partial charge in [-0.2, -0.15) is 0 Å². The van der Waals surface area contributed by atoms with E-state index in [1.807, 2.05) is 6.07 Å². The van der Waals surface area contributed by atoms with Crippen molar-refractivity contribution in [1.82, 2.24) is 0 Å². The Balaban J connectivity index is 2.31. The van der Waals surface area contributed by atoms with Crippen molar-refractivity contribution in [2.75, 3.05) is 0 Å². The summed E-state index contributed by atoms with van der Waals surface area (Å²) in [6, 6.07) is 8.88. The number of ether oxygens (including phenoxy) is 1. The zero-order valence-electron chi connectivity index (χ0n) is 7.84. The summed E-state index contributed by atoms with van der Waals surface area (Å²) in [4.78, 5) is 22.2. The fourth-order valence-corrected chi connectivity index (χ4v) is 1.58. The minimum absolute atomic E-state index is 0.645. The maximum absolute atomic E-state index is 11.1. The number of primary amides is 2. The van der Waals surface area contributed by atoms with Crippen molar-refractivity contribution in [3.63, 3.8) is 0 Å². The number of amides is 2. The van der Waals surface area contributed by atoms with Gasteiger partial charge in [-0.25, -0.2) is 0 Å². The highest BCUT2D eigenvalue weighted by molar-refractivity contribution is 6.10. The van der Waals surface area contributed by atoms with E-state index < -0.39 is 23.5 Å². The van der Waals surface area contributed by atoms with Crippen molar-refractivity contribution in [1.29, 1.82) is 0 Å². The Kier molecular flexibility index (Phi) is 1.97. The first-order chi connectivity index (χ1) is 7.09. The van der Waals surface area contributed by atoms with E-state index in [9.17, 15) is 9.59 Å². The second kappa shape index (κ2) is 3.06. The molecule has 0 unspecified atom stereocenters. The van der Waals surface area contributed by atoms with Gasteiger partial charge in [0.1, 0.15) is 6.10 Å². The third-order valence-electron chi connectivity index (χ3n) is 2.45. The minimum atomic E-state index is -1.65. The van der Waals surface area contributed by atoms with Crippen LogP contribution < -0.4 is 11.5 Å². The van der Waals surface area contributed by atoms with Gasteiger partial charge < -0.3 is 16.2 Å². The quantitative estimate of drug-likeness (QED) is 0.513. The predicted molar refractivity (Wildman–Crippen MR) is 51.4 cm³/mol. The molecule has 5 nitrogen and oxygen atoms in total. The van der Waals surface area contributed by atoms with E-state index in [4.69, 9.17) is 16.2 Å². The van der Waals surface area contributed by atoms with E-state index in [0.717, 1.165) is 5.56 Å². The van der Waals surface area contributed by atoms with Crippen LogP contribution in [0.25, 0.3) is 0 Å². The average molecular weight is 206 g/mol. The Morgan fingerprint density at radius 2 is 1.67 bits per heavy atom. The molecule has 1 heterocycles. The van der Waals surface area contributed by atoms with Crippen molar-refractivity contribution in [3.05, 3.63) is 35.9 Å². The Labute approximate surface area is 86.0 Å². The minimum Gasteiger partial charge on any atom is -0.367 e. The van der Waals surface area contributed by atoms with Crippen molar-refractivity contribution >= 4 is 11.8 Å². The molecule has 5 heteroatoms. The normalized spacial score (nSPS) is 22.0. The fourth-order valence-electron chi connectivity index (χ4n) is 1.58. The maximum atomic E-state index is 11.1. The van der Waals surface area contributed by atoms with Crippen LogP contribution in [0.5, 0.6) is 0 Å². The van der Waals surface area contributed by atoms with E-state index in [2.05, 4.69) is 0 Å². The highest BCUT2D eigenvalue weighted by atomic mass is 16.6. The highest BCUT2D eigenvalue weighted by Gasteiger charge is 2.67. The van der Waals surface area contributed by atoms with Gasteiger partial charge in [-0.1, -0.05) is 30.3 Å². The van der Waals surface area contributed by atoms with Gasteiger partial charge in [0.15, 0.2) is 0 Å². The Bertz CT molecular complexity index is 402. The van der Waals surface area contributed by atoms with Crippen LogP contribution in [0.1, 0.15) is 11.7 Å². The smallest absolute Gasteiger partial charge is 0.262 e. The largest absolute Gasteiger partial charge is 0.367 e. The van der Waals surface area contributed by atoms with Gasteiger partial charge in [0.25, 0.3) is 17.4 Å². The van der Waals surface area contributed by atoms with Gasteiger partial charge in [0.05, 0.1) is 0 Å². The van der Waals surface area contributed by atoms with Crippen molar-refractivity contribution in [2.24, 2.45) is 11.5 Å². The Morgan fingerprint density at radius 1 is 1.13 bits per heavy atom. The molecule has 0 saturated carbocycles. The lowest BCUT2D eigenvalue weighted by molar-refractivity contribution is -0.133. The molecule has 78 valence electrons. The number of carbonyl (C=O) groups is 2. The predicted octanol–water partition coefficient (Wildman–Crippen LogP) is -0.533. The van der Waals surface area contributed by atoms with Crippen LogP contribution in [-0.4, -0.2) is 17.4 Å². The molecular weight excluding hydrogens is 196 g/mol. The molecular formula is C10H10N2O3. The van der Waals surface area contributed by atoms with E-state index >= 15 is 0 Å². The molecule has 0 radical (unpaired) electrons. The molecule has 0 aromatic heterocycles. The van der Waals surface area contributed by atoms with Crippen LogP contribution in [0.3, 0.4) is 0 Å². The van der Waals surface area contributed by atoms with Gasteiger partial charge in [0, 0.05) is 0 Å². The SMILES string of the molecule is NC(=O)C1(C(N)=O)O[C@@H]1c1ccccc1. The topological polar surface area (TPSA) is 98.7 Å². The highest BCUT2D eigenvalue weighted by Crippen LogP contribution is 2.49. The monoisotopic (exact) mass is 206 g/mol. The lowest BCUT2D eigenvalue weighted by Gasteiger charge is -2.02. The first-order valence-corrected chi connectivity index (χ1v) is 4.41. The number of epoxide rings is 1. The summed E-state index contributed by atoms with van der Waals surface area (Å²) in [7, 11) is 0. The molecule has 2 amide bonds. The third-order valence-corrected chi connectivity index (χ3v) is 2.45. The molecule has 0 aliphatic carbocycles. The summed E-state index contributed by atoms with van der Waals surface area (Å²) in [5.74, 6) is -1.69. The van der Waals surface area contributed by atoms with Crippen LogP contribution in [0, 0.1) is 0 Å². The number of hydrogen-bond donors (Lipinski definition) is 2. The van der Waals surface area contributed by atoms with E-state index in [1.165, 1.54) is 0 Å². The zero-order valence-corrected chi connectivity index (χ0v) is 7.84. The summed E-state index contributed by atoms with van der Waals surface area (Å²) in [6.07, 6.45) is -0.645. The number of benzene rings is 1. The molecule has 2 rings (SSSR count). The molecule has 1 saturated heterocycles. The molecule has 4 N–H and O–H groups in total. The molecule has 1 aliphatic rings. The molecule has 1 aliphatic heterocycles. The second-order valence-electron chi connectivity index (χ2n) is 3.37. The number of carbonyl (C=O) groups excluding carboxylic acids is 2. The lowest BCUT2D eigenvalue weighted by Crippen LogP contribution is -2.44. The first kappa shape index (κ1) is 9.67. The van der Waals surface area contributed by atoms with Crippen molar-refractivity contribution < 1.29 is 14.3 Å². The van der Waals surface area contributed by atoms with Crippen LogP contribution in [0.4, 0.5) is 0 Å². The third kappa shape index (κ3) is 1.28. The zero-order chi connectivity index (χ0) is 11.1. The average Bonchev–Trinajstić information content (AvgIpc) is 2.95. The summed E-state index contributed by atoms with van der Waals surface area (Å²) in [5, 5.41) is 0. The van der Waals surface area contributed by atoms with Crippen molar-refractivity contribution in [3.8, 4) is 0 Å². The Morgan fingerprint density at radius 3 is 2.07 bits per heavy atom. The second-order valence-corrected chi connectivity index (χ2v) is 3.37. The van der Waals surface area contributed by atoms with Gasteiger partial charge in [0.2, 0.25) is 0 Å². The van der Waals surface area contributed by atoms with Crippen molar-refractivity contribution in [2.45, 2.75) is 11.7 Å². The van der Waals surface area contributed by atoms with Gasteiger partial charge in [-0.15, -0.1) is 0 Å². The van der Waals surface area contributed by atoms with Gasteiger partial charge in [-0.3, -0.25) is 9.59 Å². The van der Waals surface area contributed by atoms with Gasteiger partial charge in [-0.05, 0) is 5.56 Å². The van der Waals surface area contributed by atoms with Crippen LogP contribution in [-0.2, 0) is 14.3 Å². The summed E-state index contributed by atoms with van der Waals surface area (Å²) < 4.78 is 5.06. The number of nitrogens with two attached hydrogens (primary N) is 2. The molecule has 0 bridgehead atoms. The summed E-state index contributed by atoms with van der Waals surface area (Å²) >= 11 is 0. The first-order valence-electron chi connectivity index (χ1n) is 4.41. The maximum Gasteiger partial charge on any atom is 0.262 e. The van der Waals surface area contributed by atoms with E-state index in [-0.39, 0.29) is 0 Å². The molecule has 1 atom stereocenters. The molecule has 0 spiro atoms. The molecule has 1 fully saturated rings.